The summed E-state index contributed by atoms with van der Waals surface area (Å²) in [6.07, 6.45) is 9.44. The lowest BCUT2D eigenvalue weighted by atomic mass is 10.00. The van der Waals surface area contributed by atoms with E-state index in [1.165, 1.54) is 19.3 Å². The summed E-state index contributed by atoms with van der Waals surface area (Å²) in [4.78, 5) is 16.4. The Hall–Kier alpha value is -1.56. The molecule has 2 saturated heterocycles. The van der Waals surface area contributed by atoms with Crippen molar-refractivity contribution >= 4 is 6.09 Å². The molecular formula is C17H28N4O2. The highest BCUT2D eigenvalue weighted by Gasteiger charge is 2.28. The Labute approximate surface area is 138 Å². The molecule has 6 heteroatoms. The maximum atomic E-state index is 11.9. The highest BCUT2D eigenvalue weighted by atomic mass is 16.6. The summed E-state index contributed by atoms with van der Waals surface area (Å²) < 4.78 is 7.24. The number of carbonyl (C=O) groups excluding carboxylic acids is 1. The Morgan fingerprint density at radius 1 is 1.13 bits per heavy atom. The van der Waals surface area contributed by atoms with Crippen LogP contribution in [0.5, 0.6) is 0 Å². The zero-order chi connectivity index (χ0) is 16.1. The van der Waals surface area contributed by atoms with Gasteiger partial charge in [-0.2, -0.15) is 5.10 Å². The second kappa shape index (κ2) is 7.81. The van der Waals surface area contributed by atoms with E-state index >= 15 is 0 Å². The van der Waals surface area contributed by atoms with Gasteiger partial charge in [-0.05, 0) is 45.1 Å². The molecule has 2 aliphatic rings. The third-order valence-corrected chi connectivity index (χ3v) is 5.14. The normalized spacial score (nSPS) is 24.4. The molecule has 23 heavy (non-hydrogen) atoms. The number of hydrogen-bond donors (Lipinski definition) is 0. The second-order valence-corrected chi connectivity index (χ2v) is 6.52. The Balaban J connectivity index is 1.48. The van der Waals surface area contributed by atoms with Crippen LogP contribution in [-0.4, -0.2) is 64.5 Å². The predicted molar refractivity (Wildman–Crippen MR) is 88.3 cm³/mol. The third kappa shape index (κ3) is 4.05. The van der Waals surface area contributed by atoms with E-state index in [0.29, 0.717) is 18.7 Å². The zero-order valence-electron chi connectivity index (χ0n) is 14.1. The maximum absolute atomic E-state index is 11.9. The first-order valence-electron chi connectivity index (χ1n) is 8.93. The number of likely N-dealkylation sites (tertiary alicyclic amines) is 2. The lowest BCUT2D eigenvalue weighted by Gasteiger charge is -2.37. The van der Waals surface area contributed by atoms with Gasteiger partial charge in [-0.1, -0.05) is 0 Å². The van der Waals surface area contributed by atoms with Crippen LogP contribution in [0.4, 0.5) is 4.79 Å². The van der Waals surface area contributed by atoms with Crippen molar-refractivity contribution in [2.45, 2.75) is 51.1 Å². The number of aromatic nitrogens is 2. The first-order valence-corrected chi connectivity index (χ1v) is 8.93. The van der Waals surface area contributed by atoms with Crippen LogP contribution in [0, 0.1) is 0 Å². The van der Waals surface area contributed by atoms with E-state index in [4.69, 9.17) is 4.74 Å². The number of nitrogens with zero attached hydrogens (tertiary/aromatic N) is 4. The lowest BCUT2D eigenvalue weighted by molar-refractivity contribution is 0.103. The maximum Gasteiger partial charge on any atom is 0.409 e. The van der Waals surface area contributed by atoms with Gasteiger partial charge in [0.2, 0.25) is 0 Å². The van der Waals surface area contributed by atoms with Crippen molar-refractivity contribution < 1.29 is 9.53 Å². The zero-order valence-corrected chi connectivity index (χ0v) is 14.1. The average Bonchev–Trinajstić information content (AvgIpc) is 3.00. The first-order chi connectivity index (χ1) is 11.3. The van der Waals surface area contributed by atoms with Crippen molar-refractivity contribution in [3.63, 3.8) is 0 Å². The van der Waals surface area contributed by atoms with Crippen molar-refractivity contribution in [3.8, 4) is 0 Å². The molecule has 0 aliphatic carbocycles. The molecule has 1 aromatic rings. The van der Waals surface area contributed by atoms with Crippen molar-refractivity contribution in [1.29, 1.82) is 0 Å². The summed E-state index contributed by atoms with van der Waals surface area (Å²) in [6.45, 7) is 6.24. The number of hydrogen-bond acceptors (Lipinski definition) is 4. The summed E-state index contributed by atoms with van der Waals surface area (Å²) in [7, 11) is 0. The van der Waals surface area contributed by atoms with Crippen molar-refractivity contribution in [2.75, 3.05) is 32.8 Å². The van der Waals surface area contributed by atoms with Crippen LogP contribution in [-0.2, 0) is 4.74 Å². The minimum atomic E-state index is -0.148. The molecule has 0 unspecified atom stereocenters. The number of carbonyl (C=O) groups is 1. The molecule has 0 N–H and O–H groups in total. The molecule has 0 saturated carbocycles. The number of amides is 1. The van der Waals surface area contributed by atoms with E-state index in [2.05, 4.69) is 20.9 Å². The van der Waals surface area contributed by atoms with Gasteiger partial charge < -0.3 is 14.5 Å². The molecule has 6 nitrogen and oxygen atoms in total. The largest absolute Gasteiger partial charge is 0.450 e. The standard InChI is InChI=1S/C17H28N4O2/c1-2-23-17(22)20-10-3-5-15(6-14-20)19-12-7-16(8-13-19)21-11-4-9-18-21/h4,9,11,15-16H,2-3,5-8,10,12-14H2,1H3/t15-/m0/s1. The van der Waals surface area contributed by atoms with Gasteiger partial charge in [0.15, 0.2) is 0 Å². The van der Waals surface area contributed by atoms with E-state index in [9.17, 15) is 4.79 Å². The van der Waals surface area contributed by atoms with E-state index < -0.39 is 0 Å². The van der Waals surface area contributed by atoms with E-state index in [0.717, 1.165) is 39.0 Å². The van der Waals surface area contributed by atoms with E-state index in [1.54, 1.807) is 0 Å². The molecule has 2 fully saturated rings. The topological polar surface area (TPSA) is 50.6 Å². The molecule has 0 aromatic carbocycles. The number of ether oxygens (including phenoxy) is 1. The summed E-state index contributed by atoms with van der Waals surface area (Å²) in [6, 6.07) is 3.15. The SMILES string of the molecule is CCOC(=O)N1CCC[C@H](N2CCC(n3cccn3)CC2)CC1. The Morgan fingerprint density at radius 2 is 1.91 bits per heavy atom. The van der Waals surface area contributed by atoms with Gasteiger partial charge in [-0.15, -0.1) is 0 Å². The molecule has 3 rings (SSSR count). The van der Waals surface area contributed by atoms with Crippen LogP contribution in [0.1, 0.15) is 45.1 Å². The molecule has 0 spiro atoms. The molecule has 0 bridgehead atoms. The molecule has 1 atom stereocenters. The number of rotatable bonds is 3. The fraction of sp³-hybridized carbons (Fsp3) is 0.765. The third-order valence-electron chi connectivity index (χ3n) is 5.14. The van der Waals surface area contributed by atoms with E-state index in [1.807, 2.05) is 24.1 Å². The van der Waals surface area contributed by atoms with Gasteiger partial charge in [0.05, 0.1) is 12.6 Å². The van der Waals surface area contributed by atoms with Gasteiger partial charge in [-0.25, -0.2) is 4.79 Å². The van der Waals surface area contributed by atoms with Crippen LogP contribution in [0.15, 0.2) is 18.5 Å². The average molecular weight is 320 g/mol. The highest BCUT2D eigenvalue weighted by Crippen LogP contribution is 2.26. The van der Waals surface area contributed by atoms with Gasteiger partial charge in [-0.3, -0.25) is 4.68 Å². The van der Waals surface area contributed by atoms with Crippen LogP contribution in [0.3, 0.4) is 0 Å². The van der Waals surface area contributed by atoms with E-state index in [-0.39, 0.29) is 6.09 Å². The van der Waals surface area contributed by atoms with Gasteiger partial charge >= 0.3 is 6.09 Å². The molecule has 128 valence electrons. The fourth-order valence-electron chi connectivity index (χ4n) is 3.85. The Morgan fingerprint density at radius 3 is 2.61 bits per heavy atom. The smallest absolute Gasteiger partial charge is 0.409 e. The summed E-state index contributed by atoms with van der Waals surface area (Å²) in [5.41, 5.74) is 0. The minimum absolute atomic E-state index is 0.148. The van der Waals surface area contributed by atoms with Crippen molar-refractivity contribution in [1.82, 2.24) is 19.6 Å². The monoisotopic (exact) mass is 320 g/mol. The van der Waals surface area contributed by atoms with Gasteiger partial charge in [0, 0.05) is 44.6 Å². The quantitative estimate of drug-likeness (QED) is 0.859. The van der Waals surface area contributed by atoms with Crippen LogP contribution < -0.4 is 0 Å². The number of piperidine rings is 1. The molecule has 2 aliphatic heterocycles. The van der Waals surface area contributed by atoms with Gasteiger partial charge in [0.25, 0.3) is 0 Å². The predicted octanol–water partition coefficient (Wildman–Crippen LogP) is 2.53. The fourth-order valence-corrected chi connectivity index (χ4v) is 3.85. The van der Waals surface area contributed by atoms with Crippen molar-refractivity contribution in [2.24, 2.45) is 0 Å². The highest BCUT2D eigenvalue weighted by molar-refractivity contribution is 5.67. The summed E-state index contributed by atoms with van der Waals surface area (Å²) in [5.74, 6) is 0. The minimum Gasteiger partial charge on any atom is -0.450 e. The van der Waals surface area contributed by atoms with Crippen LogP contribution >= 0.6 is 0 Å². The molecule has 0 radical (unpaired) electrons. The van der Waals surface area contributed by atoms with Crippen molar-refractivity contribution in [3.05, 3.63) is 18.5 Å². The van der Waals surface area contributed by atoms with Crippen LogP contribution in [0.25, 0.3) is 0 Å². The van der Waals surface area contributed by atoms with Crippen LogP contribution in [0.2, 0.25) is 0 Å². The summed E-state index contributed by atoms with van der Waals surface area (Å²) >= 11 is 0. The molecular weight excluding hydrogens is 292 g/mol. The van der Waals surface area contributed by atoms with Gasteiger partial charge in [0.1, 0.15) is 0 Å². The Bertz CT molecular complexity index is 483. The Kier molecular flexibility index (Phi) is 5.54. The molecule has 1 amide bonds. The summed E-state index contributed by atoms with van der Waals surface area (Å²) in [5, 5.41) is 4.38. The molecule has 1 aromatic heterocycles. The second-order valence-electron chi connectivity index (χ2n) is 6.52. The lowest BCUT2D eigenvalue weighted by Crippen LogP contribution is -2.42. The first kappa shape index (κ1) is 16.3. The molecule has 3 heterocycles.